The molecule has 0 atom stereocenters. The van der Waals surface area contributed by atoms with Crippen LogP contribution >= 0.6 is 0 Å². The standard InChI is InChI=1S/C18H20N2O3/c1-19(2)15-7-4-13(5-8-15)11-20(3)18(21)14-6-9-16-17(10-14)23-12-22-16/h4-10H,11-12H2,1-3H3. The molecule has 0 radical (unpaired) electrons. The van der Waals surface area contributed by atoms with E-state index in [0.29, 0.717) is 23.6 Å². The van der Waals surface area contributed by atoms with Crippen LogP contribution in [0.4, 0.5) is 5.69 Å². The number of fused-ring (bicyclic) bond motifs is 1. The maximum Gasteiger partial charge on any atom is 0.254 e. The number of amides is 1. The summed E-state index contributed by atoms with van der Waals surface area (Å²) in [6, 6.07) is 13.5. The average Bonchev–Trinajstić information content (AvgIpc) is 3.02. The lowest BCUT2D eigenvalue weighted by atomic mass is 10.1. The first kappa shape index (κ1) is 15.2. The summed E-state index contributed by atoms with van der Waals surface area (Å²) >= 11 is 0. The van der Waals surface area contributed by atoms with Crippen molar-refractivity contribution >= 4 is 11.6 Å². The second-order valence-corrected chi connectivity index (χ2v) is 5.79. The molecule has 1 amide bonds. The van der Waals surface area contributed by atoms with E-state index >= 15 is 0 Å². The molecule has 2 aromatic rings. The van der Waals surface area contributed by atoms with Crippen molar-refractivity contribution in [1.29, 1.82) is 0 Å². The Balaban J connectivity index is 1.70. The molecule has 2 aromatic carbocycles. The third kappa shape index (κ3) is 3.23. The Kier molecular flexibility index (Phi) is 4.10. The van der Waals surface area contributed by atoms with Crippen LogP contribution in [0.2, 0.25) is 0 Å². The number of carbonyl (C=O) groups is 1. The Morgan fingerprint density at radius 3 is 2.39 bits per heavy atom. The van der Waals surface area contributed by atoms with Gasteiger partial charge in [0.05, 0.1) is 0 Å². The number of rotatable bonds is 4. The van der Waals surface area contributed by atoms with E-state index in [9.17, 15) is 4.79 Å². The predicted octanol–water partition coefficient (Wildman–Crippen LogP) is 2.75. The topological polar surface area (TPSA) is 42.0 Å². The van der Waals surface area contributed by atoms with Gasteiger partial charge in [-0.15, -0.1) is 0 Å². The van der Waals surface area contributed by atoms with Crippen LogP contribution in [-0.4, -0.2) is 38.7 Å². The summed E-state index contributed by atoms with van der Waals surface area (Å²) in [5, 5.41) is 0. The van der Waals surface area contributed by atoms with E-state index in [-0.39, 0.29) is 12.7 Å². The fourth-order valence-electron chi connectivity index (χ4n) is 2.50. The summed E-state index contributed by atoms with van der Waals surface area (Å²) < 4.78 is 10.6. The van der Waals surface area contributed by atoms with Crippen molar-refractivity contribution in [3.8, 4) is 11.5 Å². The summed E-state index contributed by atoms with van der Waals surface area (Å²) in [6.07, 6.45) is 0. The molecule has 5 heteroatoms. The Labute approximate surface area is 136 Å². The maximum atomic E-state index is 12.5. The first-order valence-corrected chi connectivity index (χ1v) is 7.46. The lowest BCUT2D eigenvalue weighted by Crippen LogP contribution is -2.26. The molecule has 0 unspecified atom stereocenters. The molecule has 1 aliphatic rings. The highest BCUT2D eigenvalue weighted by atomic mass is 16.7. The highest BCUT2D eigenvalue weighted by molar-refractivity contribution is 5.94. The summed E-state index contributed by atoms with van der Waals surface area (Å²) in [5.41, 5.74) is 2.83. The Morgan fingerprint density at radius 2 is 1.70 bits per heavy atom. The highest BCUT2D eigenvalue weighted by Gasteiger charge is 2.18. The van der Waals surface area contributed by atoms with E-state index in [2.05, 4.69) is 0 Å². The molecule has 0 aromatic heterocycles. The molecule has 0 saturated heterocycles. The van der Waals surface area contributed by atoms with Gasteiger partial charge in [0, 0.05) is 38.9 Å². The summed E-state index contributed by atoms with van der Waals surface area (Å²) in [6.45, 7) is 0.766. The minimum absolute atomic E-state index is 0.0417. The van der Waals surface area contributed by atoms with E-state index < -0.39 is 0 Å². The van der Waals surface area contributed by atoms with Crippen molar-refractivity contribution in [2.75, 3.05) is 32.8 Å². The number of benzene rings is 2. The van der Waals surface area contributed by atoms with Crippen LogP contribution in [0, 0.1) is 0 Å². The number of nitrogens with zero attached hydrogens (tertiary/aromatic N) is 2. The van der Waals surface area contributed by atoms with Gasteiger partial charge in [0.15, 0.2) is 11.5 Å². The summed E-state index contributed by atoms with van der Waals surface area (Å²) in [7, 11) is 5.81. The van der Waals surface area contributed by atoms with Crippen molar-refractivity contribution in [3.63, 3.8) is 0 Å². The fourth-order valence-corrected chi connectivity index (χ4v) is 2.50. The second-order valence-electron chi connectivity index (χ2n) is 5.79. The largest absolute Gasteiger partial charge is 0.454 e. The molecule has 0 N–H and O–H groups in total. The number of carbonyl (C=O) groups excluding carboxylic acids is 1. The molecule has 1 heterocycles. The molecular weight excluding hydrogens is 292 g/mol. The molecule has 3 rings (SSSR count). The van der Waals surface area contributed by atoms with Gasteiger partial charge in [0.25, 0.3) is 5.91 Å². The van der Waals surface area contributed by atoms with Crippen molar-refractivity contribution in [2.45, 2.75) is 6.54 Å². The Hall–Kier alpha value is -2.69. The van der Waals surface area contributed by atoms with Gasteiger partial charge in [-0.1, -0.05) is 12.1 Å². The van der Waals surface area contributed by atoms with E-state index in [1.807, 2.05) is 43.3 Å². The van der Waals surface area contributed by atoms with Crippen molar-refractivity contribution in [3.05, 3.63) is 53.6 Å². The molecule has 0 spiro atoms. The van der Waals surface area contributed by atoms with Crippen LogP contribution in [0.3, 0.4) is 0 Å². The van der Waals surface area contributed by atoms with E-state index in [1.54, 1.807) is 30.1 Å². The molecule has 0 saturated carbocycles. The highest BCUT2D eigenvalue weighted by Crippen LogP contribution is 2.32. The third-order valence-electron chi connectivity index (χ3n) is 3.84. The van der Waals surface area contributed by atoms with Gasteiger partial charge in [0.1, 0.15) is 0 Å². The monoisotopic (exact) mass is 312 g/mol. The first-order chi connectivity index (χ1) is 11.0. The zero-order valence-corrected chi connectivity index (χ0v) is 13.6. The van der Waals surface area contributed by atoms with Crippen molar-refractivity contribution in [1.82, 2.24) is 4.90 Å². The summed E-state index contributed by atoms with van der Waals surface area (Å²) in [5.74, 6) is 1.27. The lowest BCUT2D eigenvalue weighted by Gasteiger charge is -2.18. The molecule has 0 aliphatic carbocycles. The van der Waals surface area contributed by atoms with Crippen LogP contribution in [-0.2, 0) is 6.54 Å². The van der Waals surface area contributed by atoms with Gasteiger partial charge in [-0.05, 0) is 35.9 Å². The zero-order chi connectivity index (χ0) is 16.4. The van der Waals surface area contributed by atoms with E-state index in [4.69, 9.17) is 9.47 Å². The van der Waals surface area contributed by atoms with E-state index in [0.717, 1.165) is 11.3 Å². The molecule has 120 valence electrons. The van der Waals surface area contributed by atoms with Gasteiger partial charge >= 0.3 is 0 Å². The van der Waals surface area contributed by atoms with Crippen LogP contribution in [0.25, 0.3) is 0 Å². The smallest absolute Gasteiger partial charge is 0.254 e. The quantitative estimate of drug-likeness (QED) is 0.870. The summed E-state index contributed by atoms with van der Waals surface area (Å²) in [4.78, 5) is 16.3. The number of hydrogen-bond acceptors (Lipinski definition) is 4. The van der Waals surface area contributed by atoms with Gasteiger partial charge in [-0.3, -0.25) is 4.79 Å². The predicted molar refractivity (Wildman–Crippen MR) is 89.1 cm³/mol. The minimum atomic E-state index is -0.0417. The van der Waals surface area contributed by atoms with E-state index in [1.165, 1.54) is 0 Å². The van der Waals surface area contributed by atoms with Crippen molar-refractivity contribution in [2.24, 2.45) is 0 Å². The number of anilines is 1. The van der Waals surface area contributed by atoms with Gasteiger partial charge in [0.2, 0.25) is 6.79 Å². The normalized spacial score (nSPS) is 12.1. The molecular formula is C18H20N2O3. The molecule has 23 heavy (non-hydrogen) atoms. The average molecular weight is 312 g/mol. The lowest BCUT2D eigenvalue weighted by molar-refractivity contribution is 0.0784. The zero-order valence-electron chi connectivity index (χ0n) is 13.6. The third-order valence-corrected chi connectivity index (χ3v) is 3.84. The fraction of sp³-hybridized carbons (Fsp3) is 0.278. The van der Waals surface area contributed by atoms with Gasteiger partial charge < -0.3 is 19.3 Å². The van der Waals surface area contributed by atoms with Crippen molar-refractivity contribution < 1.29 is 14.3 Å². The molecule has 0 bridgehead atoms. The number of hydrogen-bond donors (Lipinski definition) is 0. The SMILES string of the molecule is CN(Cc1ccc(N(C)C)cc1)C(=O)c1ccc2c(c1)OCO2. The Morgan fingerprint density at radius 1 is 1.00 bits per heavy atom. The van der Waals surface area contributed by atoms with Gasteiger partial charge in [-0.25, -0.2) is 0 Å². The van der Waals surface area contributed by atoms with Crippen LogP contribution in [0.1, 0.15) is 15.9 Å². The molecule has 5 nitrogen and oxygen atoms in total. The molecule has 0 fully saturated rings. The van der Waals surface area contributed by atoms with Crippen LogP contribution in [0.5, 0.6) is 11.5 Å². The van der Waals surface area contributed by atoms with Crippen LogP contribution < -0.4 is 14.4 Å². The first-order valence-electron chi connectivity index (χ1n) is 7.46. The Bertz CT molecular complexity index is 711. The second kappa shape index (κ2) is 6.20. The maximum absolute atomic E-state index is 12.5. The van der Waals surface area contributed by atoms with Gasteiger partial charge in [-0.2, -0.15) is 0 Å². The minimum Gasteiger partial charge on any atom is -0.454 e. The van der Waals surface area contributed by atoms with Crippen LogP contribution in [0.15, 0.2) is 42.5 Å². The molecule has 1 aliphatic heterocycles. The number of ether oxygens (including phenoxy) is 2.